The summed E-state index contributed by atoms with van der Waals surface area (Å²) < 4.78 is 1.97. The van der Waals surface area contributed by atoms with Crippen molar-refractivity contribution in [2.75, 3.05) is 32.7 Å². The number of rotatable bonds is 8. The molecule has 0 aliphatic carbocycles. The maximum atomic E-state index is 12.8. The van der Waals surface area contributed by atoms with Gasteiger partial charge in [0.15, 0.2) is 0 Å². The molecule has 6 nitrogen and oxygen atoms in total. The van der Waals surface area contributed by atoms with E-state index in [4.69, 9.17) is 0 Å². The molecule has 148 valence electrons. The SMILES string of the molecule is CCN(CCN1CCCCCC1)C(=O)CCn1c(CO)nc2ccccc21. The van der Waals surface area contributed by atoms with Crippen molar-refractivity contribution in [2.45, 2.75) is 52.2 Å². The number of imidazole rings is 1. The minimum atomic E-state index is -0.116. The van der Waals surface area contributed by atoms with Crippen molar-refractivity contribution in [1.29, 1.82) is 0 Å². The van der Waals surface area contributed by atoms with Gasteiger partial charge in [-0.25, -0.2) is 4.98 Å². The maximum Gasteiger partial charge on any atom is 0.224 e. The van der Waals surface area contributed by atoms with E-state index >= 15 is 0 Å². The number of para-hydroxylation sites is 2. The monoisotopic (exact) mass is 372 g/mol. The van der Waals surface area contributed by atoms with E-state index in [1.807, 2.05) is 40.7 Å². The van der Waals surface area contributed by atoms with Gasteiger partial charge >= 0.3 is 0 Å². The van der Waals surface area contributed by atoms with Gasteiger partial charge in [-0.3, -0.25) is 4.79 Å². The van der Waals surface area contributed by atoms with Crippen molar-refractivity contribution in [3.63, 3.8) is 0 Å². The van der Waals surface area contributed by atoms with Crippen LogP contribution in [0.4, 0.5) is 0 Å². The first-order valence-electron chi connectivity index (χ1n) is 10.3. The summed E-state index contributed by atoms with van der Waals surface area (Å²) in [7, 11) is 0. The molecule has 1 aromatic heterocycles. The van der Waals surface area contributed by atoms with Gasteiger partial charge in [-0.05, 0) is 45.0 Å². The summed E-state index contributed by atoms with van der Waals surface area (Å²) in [4.78, 5) is 21.7. The van der Waals surface area contributed by atoms with Crippen molar-refractivity contribution in [2.24, 2.45) is 0 Å². The van der Waals surface area contributed by atoms with E-state index in [0.29, 0.717) is 18.8 Å². The number of likely N-dealkylation sites (N-methyl/N-ethyl adjacent to an activating group) is 1. The fourth-order valence-electron chi connectivity index (χ4n) is 3.94. The smallest absolute Gasteiger partial charge is 0.224 e. The third kappa shape index (κ3) is 5.08. The lowest BCUT2D eigenvalue weighted by molar-refractivity contribution is -0.131. The first-order valence-corrected chi connectivity index (χ1v) is 10.3. The Labute approximate surface area is 161 Å². The highest BCUT2D eigenvalue weighted by Gasteiger charge is 2.16. The van der Waals surface area contributed by atoms with E-state index in [0.717, 1.165) is 43.8 Å². The second-order valence-corrected chi connectivity index (χ2v) is 7.31. The number of fused-ring (bicyclic) bond motifs is 1. The number of nitrogens with zero attached hydrogens (tertiary/aromatic N) is 4. The molecule has 27 heavy (non-hydrogen) atoms. The standard InChI is InChI=1S/C21H32N4O2/c1-2-24(16-15-23-12-7-3-4-8-13-23)21(27)11-14-25-19-10-6-5-9-18(19)22-20(25)17-26/h5-6,9-10,26H,2-4,7-8,11-17H2,1H3. The number of hydrogen-bond donors (Lipinski definition) is 1. The highest BCUT2D eigenvalue weighted by Crippen LogP contribution is 2.17. The number of aliphatic hydroxyl groups excluding tert-OH is 1. The lowest BCUT2D eigenvalue weighted by atomic mass is 10.2. The zero-order valence-corrected chi connectivity index (χ0v) is 16.4. The van der Waals surface area contributed by atoms with Crippen LogP contribution in [0.5, 0.6) is 0 Å². The number of aryl methyl sites for hydroxylation is 1. The first kappa shape index (κ1) is 19.8. The number of aliphatic hydroxyl groups is 1. The Morgan fingerprint density at radius 1 is 1.15 bits per heavy atom. The highest BCUT2D eigenvalue weighted by molar-refractivity contribution is 5.78. The summed E-state index contributed by atoms with van der Waals surface area (Å²) >= 11 is 0. The minimum Gasteiger partial charge on any atom is -0.388 e. The molecule has 1 fully saturated rings. The Morgan fingerprint density at radius 2 is 1.89 bits per heavy atom. The second-order valence-electron chi connectivity index (χ2n) is 7.31. The van der Waals surface area contributed by atoms with Crippen LogP contribution in [0, 0.1) is 0 Å². The molecule has 0 saturated carbocycles. The number of benzene rings is 1. The topological polar surface area (TPSA) is 61.6 Å². The van der Waals surface area contributed by atoms with E-state index < -0.39 is 0 Å². The molecule has 0 radical (unpaired) electrons. The average Bonchev–Trinajstić information content (AvgIpc) is 2.85. The van der Waals surface area contributed by atoms with Gasteiger partial charge in [-0.1, -0.05) is 25.0 Å². The van der Waals surface area contributed by atoms with Crippen LogP contribution < -0.4 is 0 Å². The van der Waals surface area contributed by atoms with Crippen LogP contribution in [0.1, 0.15) is 44.9 Å². The summed E-state index contributed by atoms with van der Waals surface area (Å²) in [6, 6.07) is 7.83. The van der Waals surface area contributed by atoms with Crippen LogP contribution in [0.25, 0.3) is 11.0 Å². The quantitative estimate of drug-likeness (QED) is 0.774. The molecule has 1 N–H and O–H groups in total. The average molecular weight is 373 g/mol. The first-order chi connectivity index (χ1) is 13.2. The van der Waals surface area contributed by atoms with E-state index in [2.05, 4.69) is 9.88 Å². The van der Waals surface area contributed by atoms with E-state index in [1.54, 1.807) is 0 Å². The minimum absolute atomic E-state index is 0.116. The number of hydrogen-bond acceptors (Lipinski definition) is 4. The number of carbonyl (C=O) groups excluding carboxylic acids is 1. The van der Waals surface area contributed by atoms with Crippen molar-refractivity contribution >= 4 is 16.9 Å². The molecule has 0 unspecified atom stereocenters. The Bertz CT molecular complexity index is 735. The van der Waals surface area contributed by atoms with Crippen molar-refractivity contribution in [3.05, 3.63) is 30.1 Å². The van der Waals surface area contributed by atoms with Gasteiger partial charge in [0, 0.05) is 32.6 Å². The fraction of sp³-hybridized carbons (Fsp3) is 0.619. The molecule has 6 heteroatoms. The molecular weight excluding hydrogens is 340 g/mol. The molecule has 2 aromatic rings. The summed E-state index contributed by atoms with van der Waals surface area (Å²) in [5.74, 6) is 0.797. The van der Waals surface area contributed by atoms with Crippen molar-refractivity contribution in [3.8, 4) is 0 Å². The summed E-state index contributed by atoms with van der Waals surface area (Å²) in [5, 5.41) is 9.61. The molecule has 1 saturated heterocycles. The Hall–Kier alpha value is -1.92. The van der Waals surface area contributed by atoms with Gasteiger partial charge in [-0.2, -0.15) is 0 Å². The zero-order valence-electron chi connectivity index (χ0n) is 16.4. The fourth-order valence-corrected chi connectivity index (χ4v) is 3.94. The predicted molar refractivity (Wildman–Crippen MR) is 107 cm³/mol. The summed E-state index contributed by atoms with van der Waals surface area (Å²) in [5.41, 5.74) is 1.84. The van der Waals surface area contributed by atoms with Gasteiger partial charge in [0.2, 0.25) is 5.91 Å². The zero-order chi connectivity index (χ0) is 19.1. The van der Waals surface area contributed by atoms with Crippen LogP contribution >= 0.6 is 0 Å². The molecule has 0 atom stereocenters. The largest absolute Gasteiger partial charge is 0.388 e. The van der Waals surface area contributed by atoms with E-state index in [1.165, 1.54) is 25.7 Å². The maximum absolute atomic E-state index is 12.8. The predicted octanol–water partition coefficient (Wildman–Crippen LogP) is 2.64. The molecular formula is C21H32N4O2. The van der Waals surface area contributed by atoms with Gasteiger partial charge in [0.1, 0.15) is 12.4 Å². The second kappa shape index (κ2) is 9.85. The van der Waals surface area contributed by atoms with Crippen LogP contribution in [-0.4, -0.2) is 63.1 Å². The lowest BCUT2D eigenvalue weighted by Crippen LogP contribution is -2.39. The number of aromatic nitrogens is 2. The number of likely N-dealkylation sites (tertiary alicyclic amines) is 1. The van der Waals surface area contributed by atoms with Gasteiger partial charge < -0.3 is 19.5 Å². The van der Waals surface area contributed by atoms with Crippen molar-refractivity contribution in [1.82, 2.24) is 19.4 Å². The Morgan fingerprint density at radius 3 is 2.59 bits per heavy atom. The van der Waals surface area contributed by atoms with Crippen LogP contribution in [0.15, 0.2) is 24.3 Å². The summed E-state index contributed by atoms with van der Waals surface area (Å²) in [6.07, 6.45) is 5.65. The van der Waals surface area contributed by atoms with Crippen LogP contribution in [-0.2, 0) is 17.9 Å². The van der Waals surface area contributed by atoms with Gasteiger partial charge in [0.05, 0.1) is 11.0 Å². The van der Waals surface area contributed by atoms with Crippen LogP contribution in [0.2, 0.25) is 0 Å². The molecule has 0 spiro atoms. The molecule has 3 rings (SSSR count). The van der Waals surface area contributed by atoms with E-state index in [9.17, 15) is 9.90 Å². The molecule has 1 aromatic carbocycles. The molecule has 0 bridgehead atoms. The highest BCUT2D eigenvalue weighted by atomic mass is 16.3. The number of amides is 1. The van der Waals surface area contributed by atoms with Gasteiger partial charge in [0.25, 0.3) is 0 Å². The summed E-state index contributed by atoms with van der Waals surface area (Å²) in [6.45, 7) is 7.31. The third-order valence-electron chi connectivity index (χ3n) is 5.54. The number of carbonyl (C=O) groups is 1. The van der Waals surface area contributed by atoms with Crippen molar-refractivity contribution < 1.29 is 9.90 Å². The van der Waals surface area contributed by atoms with Gasteiger partial charge in [-0.15, -0.1) is 0 Å². The molecule has 2 heterocycles. The van der Waals surface area contributed by atoms with E-state index in [-0.39, 0.29) is 12.5 Å². The molecule has 1 aliphatic rings. The Kier molecular flexibility index (Phi) is 7.24. The van der Waals surface area contributed by atoms with Crippen LogP contribution in [0.3, 0.4) is 0 Å². The third-order valence-corrected chi connectivity index (χ3v) is 5.54. The lowest BCUT2D eigenvalue weighted by Gasteiger charge is -2.26. The molecule has 1 amide bonds. The normalized spacial score (nSPS) is 15.8. The molecule has 1 aliphatic heterocycles. The Balaban J connectivity index is 1.57.